The van der Waals surface area contributed by atoms with Crippen LogP contribution in [-0.4, -0.2) is 55.9 Å². The Kier molecular flexibility index (Phi) is 7.93. The molecular formula is C20H32N4O6S. The highest BCUT2D eigenvalue weighted by atomic mass is 32.2. The smallest absolute Gasteiger partial charge is 0.324 e. The van der Waals surface area contributed by atoms with Gasteiger partial charge >= 0.3 is 12.0 Å². The molecule has 10 nitrogen and oxygen atoms in total. The third-order valence-corrected chi connectivity index (χ3v) is 6.73. The summed E-state index contributed by atoms with van der Waals surface area (Å²) >= 11 is 0. The van der Waals surface area contributed by atoms with Crippen LogP contribution in [0.3, 0.4) is 0 Å². The van der Waals surface area contributed by atoms with Crippen LogP contribution in [0.5, 0.6) is 5.95 Å². The molecule has 3 amide bonds. The first-order chi connectivity index (χ1) is 14.7. The number of urea groups is 1. The van der Waals surface area contributed by atoms with E-state index in [2.05, 4.69) is 15.2 Å². The van der Waals surface area contributed by atoms with E-state index in [9.17, 15) is 18.0 Å². The summed E-state index contributed by atoms with van der Waals surface area (Å²) in [5, 5.41) is 6.24. The van der Waals surface area contributed by atoms with Crippen LogP contribution in [-0.2, 0) is 14.8 Å². The number of sulfonamides is 1. The average Bonchev–Trinajstić information content (AvgIpc) is 3.29. The minimum absolute atomic E-state index is 0.0182. The maximum atomic E-state index is 12.6. The van der Waals surface area contributed by atoms with Crippen LogP contribution in [0, 0.1) is 11.8 Å². The number of hydrogen-bond donors (Lipinski definition) is 2. The highest BCUT2D eigenvalue weighted by molar-refractivity contribution is 7.89. The van der Waals surface area contributed by atoms with E-state index in [-0.39, 0.29) is 30.2 Å². The van der Waals surface area contributed by atoms with Crippen LogP contribution in [0.4, 0.5) is 4.79 Å². The normalized spacial score (nSPS) is 18.0. The molecule has 0 bridgehead atoms. The van der Waals surface area contributed by atoms with Crippen molar-refractivity contribution in [2.75, 3.05) is 25.4 Å². The number of ether oxygens (including phenoxy) is 1. The molecule has 1 unspecified atom stereocenters. The number of unbranched alkanes of at least 4 members (excludes halogenated alkanes) is 2. The van der Waals surface area contributed by atoms with Crippen molar-refractivity contribution in [2.45, 2.75) is 58.4 Å². The van der Waals surface area contributed by atoms with Gasteiger partial charge in [-0.1, -0.05) is 25.4 Å². The molecule has 2 aliphatic rings. The number of imide groups is 1. The Morgan fingerprint density at radius 2 is 2.06 bits per heavy atom. The topological polar surface area (TPSA) is 131 Å². The van der Waals surface area contributed by atoms with Crippen LogP contribution in [0.15, 0.2) is 10.6 Å². The second kappa shape index (κ2) is 10.4. The van der Waals surface area contributed by atoms with E-state index in [1.807, 2.05) is 13.8 Å². The summed E-state index contributed by atoms with van der Waals surface area (Å²) in [6.07, 6.45) is 4.65. The summed E-state index contributed by atoms with van der Waals surface area (Å²) in [5.74, 6) is 0.838. The van der Waals surface area contributed by atoms with E-state index in [1.54, 1.807) is 6.07 Å². The fourth-order valence-corrected chi connectivity index (χ4v) is 4.75. The Morgan fingerprint density at radius 1 is 1.29 bits per heavy atom. The van der Waals surface area contributed by atoms with Crippen molar-refractivity contribution in [1.82, 2.24) is 20.1 Å². The lowest BCUT2D eigenvalue weighted by Gasteiger charge is -2.18. The minimum Gasteiger partial charge on any atom is -0.463 e. The highest BCUT2D eigenvalue weighted by Gasteiger charge is 2.27. The summed E-state index contributed by atoms with van der Waals surface area (Å²) in [6.45, 7) is 5.14. The number of aromatic nitrogens is 1. The number of hydrogen-bond acceptors (Lipinski definition) is 7. The molecule has 1 aliphatic carbocycles. The van der Waals surface area contributed by atoms with Gasteiger partial charge in [0.15, 0.2) is 0 Å². The number of carbonyl (C=O) groups is 2. The Bertz CT molecular complexity index is 865. The molecule has 0 aromatic carbocycles. The molecule has 1 saturated carbocycles. The molecule has 2 heterocycles. The SMILES string of the molecule is CC(C)CC(NS(=O)(=O)CCCCCN1CC(=O)NC1=O)c1cc(OCC2CC2)on1. The van der Waals surface area contributed by atoms with Crippen molar-refractivity contribution in [3.63, 3.8) is 0 Å². The first kappa shape index (κ1) is 23.5. The van der Waals surface area contributed by atoms with Gasteiger partial charge in [-0.2, -0.15) is 0 Å². The Hall–Kier alpha value is -2.14. The number of nitrogens with one attached hydrogen (secondary N) is 2. The predicted molar refractivity (Wildman–Crippen MR) is 113 cm³/mol. The molecule has 1 aliphatic heterocycles. The van der Waals surface area contributed by atoms with Crippen molar-refractivity contribution in [3.05, 3.63) is 11.8 Å². The first-order valence-electron chi connectivity index (χ1n) is 10.9. The van der Waals surface area contributed by atoms with Crippen LogP contribution in [0.1, 0.15) is 64.1 Å². The van der Waals surface area contributed by atoms with Crippen LogP contribution >= 0.6 is 0 Å². The van der Waals surface area contributed by atoms with Gasteiger partial charge in [0.25, 0.3) is 0 Å². The summed E-state index contributed by atoms with van der Waals surface area (Å²) in [7, 11) is -3.52. The van der Waals surface area contributed by atoms with Crippen LogP contribution in [0.2, 0.25) is 0 Å². The van der Waals surface area contributed by atoms with Crippen molar-refractivity contribution in [2.24, 2.45) is 11.8 Å². The van der Waals surface area contributed by atoms with E-state index < -0.39 is 16.1 Å². The third-order valence-electron chi connectivity index (χ3n) is 5.26. The monoisotopic (exact) mass is 456 g/mol. The number of amides is 3. The Morgan fingerprint density at radius 3 is 2.71 bits per heavy atom. The maximum Gasteiger partial charge on any atom is 0.324 e. The molecular weight excluding hydrogens is 424 g/mol. The van der Waals surface area contributed by atoms with Crippen LogP contribution < -0.4 is 14.8 Å². The van der Waals surface area contributed by atoms with Gasteiger partial charge in [0.1, 0.15) is 12.2 Å². The van der Waals surface area contributed by atoms with Gasteiger partial charge in [-0.3, -0.25) is 10.1 Å². The number of rotatable bonds is 14. The van der Waals surface area contributed by atoms with Crippen molar-refractivity contribution in [1.29, 1.82) is 0 Å². The zero-order chi connectivity index (χ0) is 22.4. The van der Waals surface area contributed by atoms with Gasteiger partial charge in [-0.25, -0.2) is 17.9 Å². The van der Waals surface area contributed by atoms with Gasteiger partial charge in [0.05, 0.1) is 18.4 Å². The molecule has 31 heavy (non-hydrogen) atoms. The molecule has 0 spiro atoms. The lowest BCUT2D eigenvalue weighted by atomic mass is 10.0. The van der Waals surface area contributed by atoms with E-state index in [1.165, 1.54) is 17.7 Å². The number of nitrogens with zero attached hydrogens (tertiary/aromatic N) is 2. The van der Waals surface area contributed by atoms with Gasteiger partial charge < -0.3 is 14.2 Å². The second-order valence-electron chi connectivity index (χ2n) is 8.78. The molecule has 1 aromatic rings. The van der Waals surface area contributed by atoms with Gasteiger partial charge in [-0.05, 0) is 43.9 Å². The molecule has 11 heteroatoms. The minimum atomic E-state index is -3.52. The quantitative estimate of drug-likeness (QED) is 0.324. The summed E-state index contributed by atoms with van der Waals surface area (Å²) in [4.78, 5) is 24.1. The largest absolute Gasteiger partial charge is 0.463 e. The van der Waals surface area contributed by atoms with Gasteiger partial charge in [-0.15, -0.1) is 0 Å². The third kappa shape index (κ3) is 7.80. The van der Waals surface area contributed by atoms with Gasteiger partial charge in [0, 0.05) is 12.6 Å². The van der Waals surface area contributed by atoms with Crippen molar-refractivity contribution >= 4 is 22.0 Å². The van der Waals surface area contributed by atoms with E-state index in [0.717, 1.165) is 0 Å². The summed E-state index contributed by atoms with van der Waals surface area (Å²) in [5.41, 5.74) is 0.521. The van der Waals surface area contributed by atoms with Crippen molar-refractivity contribution < 1.29 is 27.3 Å². The zero-order valence-electron chi connectivity index (χ0n) is 18.1. The molecule has 174 valence electrons. The Balaban J connectivity index is 1.45. The maximum absolute atomic E-state index is 12.6. The second-order valence-corrected chi connectivity index (χ2v) is 10.7. The van der Waals surface area contributed by atoms with E-state index in [4.69, 9.17) is 9.26 Å². The van der Waals surface area contributed by atoms with Gasteiger partial charge in [0.2, 0.25) is 15.9 Å². The first-order valence-corrected chi connectivity index (χ1v) is 12.6. The summed E-state index contributed by atoms with van der Waals surface area (Å²) in [6, 6.07) is 0.801. The average molecular weight is 457 g/mol. The molecule has 1 atom stereocenters. The van der Waals surface area contributed by atoms with E-state index >= 15 is 0 Å². The Labute approximate surface area is 183 Å². The zero-order valence-corrected chi connectivity index (χ0v) is 18.9. The summed E-state index contributed by atoms with van der Waals surface area (Å²) < 4.78 is 38.8. The molecule has 2 fully saturated rings. The lowest BCUT2D eigenvalue weighted by Crippen LogP contribution is -2.32. The fraction of sp³-hybridized carbons (Fsp3) is 0.750. The molecule has 0 radical (unpaired) electrons. The number of carbonyl (C=O) groups excluding carboxylic acids is 2. The molecule has 1 saturated heterocycles. The fourth-order valence-electron chi connectivity index (χ4n) is 3.40. The highest BCUT2D eigenvalue weighted by Crippen LogP contribution is 2.30. The van der Waals surface area contributed by atoms with Crippen LogP contribution in [0.25, 0.3) is 0 Å². The van der Waals surface area contributed by atoms with Crippen molar-refractivity contribution in [3.8, 4) is 5.95 Å². The molecule has 1 aromatic heterocycles. The predicted octanol–water partition coefficient (Wildman–Crippen LogP) is 2.19. The standard InChI is InChI=1S/C20H32N4O6S/c1-14(2)10-17(16-11-19(30-22-16)29-13-15-6-7-15)23-31(27,28)9-5-3-4-8-24-12-18(25)21-20(24)26/h11,14-15,17,23H,3-10,12-13H2,1-2H3,(H,21,25,26). The molecule has 2 N–H and O–H groups in total. The molecule has 3 rings (SSSR count). The van der Waals surface area contributed by atoms with E-state index in [0.29, 0.717) is 56.4 Å². The lowest BCUT2D eigenvalue weighted by molar-refractivity contribution is -0.118.